The number of carbonyl (C=O) groups is 1. The van der Waals surface area contributed by atoms with Crippen LogP contribution in [-0.4, -0.2) is 38.6 Å². The molecule has 0 aliphatic heterocycles. The minimum absolute atomic E-state index is 0.131. The molecule has 2 aromatic rings. The van der Waals surface area contributed by atoms with E-state index in [1.54, 1.807) is 7.11 Å². The van der Waals surface area contributed by atoms with Crippen molar-refractivity contribution in [3.63, 3.8) is 0 Å². The molecule has 0 fully saturated rings. The highest BCUT2D eigenvalue weighted by atomic mass is 16.5. The molecule has 0 saturated carbocycles. The van der Waals surface area contributed by atoms with Crippen LogP contribution in [0.5, 0.6) is 5.75 Å². The summed E-state index contributed by atoms with van der Waals surface area (Å²) in [7, 11) is 5.59. The lowest BCUT2D eigenvalue weighted by molar-refractivity contribution is 0.0899. The number of rotatable bonds is 6. The molecule has 1 atom stereocenters. The molecule has 1 unspecified atom stereocenters. The molecule has 5 nitrogen and oxygen atoms in total. The molecule has 1 aromatic carbocycles. The van der Waals surface area contributed by atoms with Crippen LogP contribution in [-0.2, 0) is 0 Å². The first-order valence-corrected chi connectivity index (χ1v) is 7.57. The van der Waals surface area contributed by atoms with Gasteiger partial charge in [0.15, 0.2) is 5.76 Å². The third-order valence-corrected chi connectivity index (χ3v) is 3.62. The summed E-state index contributed by atoms with van der Waals surface area (Å²) in [6.45, 7) is 4.40. The van der Waals surface area contributed by atoms with Gasteiger partial charge in [-0.3, -0.25) is 4.79 Å². The van der Waals surface area contributed by atoms with E-state index in [4.69, 9.17) is 9.15 Å². The fraction of sp³-hybridized carbons (Fsp3) is 0.389. The van der Waals surface area contributed by atoms with Crippen LogP contribution in [0.4, 0.5) is 0 Å². The Labute approximate surface area is 137 Å². The smallest absolute Gasteiger partial charge is 0.287 e. The Kier molecular flexibility index (Phi) is 5.45. The molecule has 0 saturated heterocycles. The highest BCUT2D eigenvalue weighted by molar-refractivity contribution is 5.93. The first-order chi connectivity index (χ1) is 10.9. The summed E-state index contributed by atoms with van der Waals surface area (Å²) in [5, 5.41) is 3.06. The van der Waals surface area contributed by atoms with Gasteiger partial charge < -0.3 is 19.4 Å². The van der Waals surface area contributed by atoms with Crippen molar-refractivity contribution in [3.05, 3.63) is 53.0 Å². The van der Waals surface area contributed by atoms with Crippen molar-refractivity contribution >= 4 is 5.91 Å². The van der Waals surface area contributed by atoms with Crippen molar-refractivity contribution in [2.75, 3.05) is 27.7 Å². The number of nitrogens with one attached hydrogen (secondary N) is 1. The lowest BCUT2D eigenvalue weighted by Crippen LogP contribution is -2.35. The van der Waals surface area contributed by atoms with E-state index in [1.165, 1.54) is 0 Å². The molecule has 1 aromatic heterocycles. The summed E-state index contributed by atoms with van der Waals surface area (Å²) in [5.74, 6) is 1.71. The number of amides is 1. The number of nitrogens with zero attached hydrogens (tertiary/aromatic N) is 1. The van der Waals surface area contributed by atoms with Gasteiger partial charge in [0.05, 0.1) is 13.2 Å². The third kappa shape index (κ3) is 4.36. The molecule has 0 aliphatic carbocycles. The highest BCUT2D eigenvalue weighted by Crippen LogP contribution is 2.20. The quantitative estimate of drug-likeness (QED) is 0.890. The predicted molar refractivity (Wildman–Crippen MR) is 89.9 cm³/mol. The van der Waals surface area contributed by atoms with Gasteiger partial charge in [-0.2, -0.15) is 0 Å². The van der Waals surface area contributed by atoms with Gasteiger partial charge in [-0.15, -0.1) is 0 Å². The van der Waals surface area contributed by atoms with Gasteiger partial charge in [0.25, 0.3) is 5.91 Å². The molecule has 0 bridgehead atoms. The summed E-state index contributed by atoms with van der Waals surface area (Å²) in [5.41, 5.74) is 1.87. The normalized spacial score (nSPS) is 12.3. The number of ether oxygens (including phenoxy) is 1. The van der Waals surface area contributed by atoms with Crippen LogP contribution < -0.4 is 10.1 Å². The maximum absolute atomic E-state index is 12.5. The van der Waals surface area contributed by atoms with E-state index in [1.807, 2.05) is 63.2 Å². The largest absolute Gasteiger partial charge is 0.497 e. The van der Waals surface area contributed by atoms with E-state index in [-0.39, 0.29) is 11.9 Å². The molecule has 124 valence electrons. The zero-order valence-corrected chi connectivity index (χ0v) is 14.3. The second-order valence-corrected chi connectivity index (χ2v) is 5.93. The van der Waals surface area contributed by atoms with Crippen molar-refractivity contribution in [3.8, 4) is 5.75 Å². The fourth-order valence-electron chi connectivity index (χ4n) is 2.53. The van der Waals surface area contributed by atoms with Crippen molar-refractivity contribution < 1.29 is 13.9 Å². The molecule has 0 radical (unpaired) electrons. The highest BCUT2D eigenvalue weighted by Gasteiger charge is 2.20. The van der Waals surface area contributed by atoms with Crippen LogP contribution in [0.2, 0.25) is 0 Å². The van der Waals surface area contributed by atoms with Crippen molar-refractivity contribution in [1.29, 1.82) is 0 Å². The Balaban J connectivity index is 2.20. The second kappa shape index (κ2) is 7.33. The average molecular weight is 316 g/mol. The SMILES string of the molecule is COc1ccc(C(CN(C)C)NC(=O)c2oc(C)cc2C)cc1. The Morgan fingerprint density at radius 3 is 2.39 bits per heavy atom. The molecule has 23 heavy (non-hydrogen) atoms. The van der Waals surface area contributed by atoms with Gasteiger partial charge in [-0.25, -0.2) is 0 Å². The lowest BCUT2D eigenvalue weighted by atomic mass is 10.1. The molecule has 1 heterocycles. The lowest BCUT2D eigenvalue weighted by Gasteiger charge is -2.22. The average Bonchev–Trinajstić information content (AvgIpc) is 2.85. The maximum atomic E-state index is 12.5. The first kappa shape index (κ1) is 17.1. The van der Waals surface area contributed by atoms with E-state index < -0.39 is 0 Å². The van der Waals surface area contributed by atoms with Gasteiger partial charge in [0.1, 0.15) is 11.5 Å². The van der Waals surface area contributed by atoms with E-state index in [9.17, 15) is 4.79 Å². The van der Waals surface area contributed by atoms with Crippen LogP contribution in [0, 0.1) is 13.8 Å². The molecular weight excluding hydrogens is 292 g/mol. The monoisotopic (exact) mass is 316 g/mol. The van der Waals surface area contributed by atoms with Crippen molar-refractivity contribution in [2.24, 2.45) is 0 Å². The van der Waals surface area contributed by atoms with Gasteiger partial charge in [-0.1, -0.05) is 12.1 Å². The molecule has 2 rings (SSSR count). The standard InChI is InChI=1S/C18H24N2O3/c1-12-10-13(2)23-17(12)18(21)19-16(11-20(3)4)14-6-8-15(22-5)9-7-14/h6-10,16H,11H2,1-5H3,(H,19,21). The van der Waals surface area contributed by atoms with Crippen LogP contribution >= 0.6 is 0 Å². The van der Waals surface area contributed by atoms with Crippen molar-refractivity contribution in [1.82, 2.24) is 10.2 Å². The van der Waals surface area contributed by atoms with Crippen LogP contribution in [0.3, 0.4) is 0 Å². The van der Waals surface area contributed by atoms with E-state index in [2.05, 4.69) is 5.32 Å². The number of hydrogen-bond acceptors (Lipinski definition) is 4. The first-order valence-electron chi connectivity index (χ1n) is 7.57. The molecular formula is C18H24N2O3. The van der Waals surface area contributed by atoms with Crippen LogP contribution in [0.15, 0.2) is 34.7 Å². The fourth-order valence-corrected chi connectivity index (χ4v) is 2.53. The number of benzene rings is 1. The van der Waals surface area contributed by atoms with Crippen molar-refractivity contribution in [2.45, 2.75) is 19.9 Å². The van der Waals surface area contributed by atoms with Gasteiger partial charge in [0.2, 0.25) is 0 Å². The number of likely N-dealkylation sites (N-methyl/N-ethyl adjacent to an activating group) is 1. The summed E-state index contributed by atoms with van der Waals surface area (Å²) in [6.07, 6.45) is 0. The maximum Gasteiger partial charge on any atom is 0.287 e. The molecule has 0 aliphatic rings. The van der Waals surface area contributed by atoms with Gasteiger partial charge >= 0.3 is 0 Å². The second-order valence-electron chi connectivity index (χ2n) is 5.93. The summed E-state index contributed by atoms with van der Waals surface area (Å²) >= 11 is 0. The predicted octanol–water partition coefficient (Wildman–Crippen LogP) is 2.94. The van der Waals surface area contributed by atoms with Crippen LogP contribution in [0.1, 0.15) is 33.5 Å². The number of furan rings is 1. The molecule has 1 amide bonds. The number of methoxy groups -OCH3 is 1. The van der Waals surface area contributed by atoms with E-state index in [0.29, 0.717) is 12.3 Å². The summed E-state index contributed by atoms with van der Waals surface area (Å²) < 4.78 is 10.7. The molecule has 5 heteroatoms. The van der Waals surface area contributed by atoms with E-state index in [0.717, 1.165) is 22.6 Å². The Hall–Kier alpha value is -2.27. The Morgan fingerprint density at radius 2 is 1.91 bits per heavy atom. The zero-order chi connectivity index (χ0) is 17.0. The van der Waals surface area contributed by atoms with E-state index >= 15 is 0 Å². The number of carbonyl (C=O) groups excluding carboxylic acids is 1. The van der Waals surface area contributed by atoms with Gasteiger partial charge in [-0.05, 0) is 51.7 Å². The minimum Gasteiger partial charge on any atom is -0.497 e. The van der Waals surface area contributed by atoms with Crippen LogP contribution in [0.25, 0.3) is 0 Å². The zero-order valence-electron chi connectivity index (χ0n) is 14.3. The topological polar surface area (TPSA) is 54.7 Å². The van der Waals surface area contributed by atoms with Gasteiger partial charge in [0, 0.05) is 12.1 Å². The number of aryl methyl sites for hydroxylation is 2. The number of hydrogen-bond donors (Lipinski definition) is 1. The third-order valence-electron chi connectivity index (χ3n) is 3.62. The molecule has 1 N–H and O–H groups in total. The summed E-state index contributed by atoms with van der Waals surface area (Å²) in [4.78, 5) is 14.6. The summed E-state index contributed by atoms with van der Waals surface area (Å²) in [6, 6.07) is 9.46. The minimum atomic E-state index is -0.196. The Bertz CT molecular complexity index is 659. The Morgan fingerprint density at radius 1 is 1.26 bits per heavy atom. The molecule has 0 spiro atoms.